The fourth-order valence-corrected chi connectivity index (χ4v) is 1.70. The van der Waals surface area contributed by atoms with Crippen LogP contribution < -0.4 is 0 Å². The van der Waals surface area contributed by atoms with Gasteiger partial charge in [0.15, 0.2) is 0 Å². The van der Waals surface area contributed by atoms with Crippen LogP contribution in [0.2, 0.25) is 0 Å². The Bertz CT molecular complexity index is 263. The summed E-state index contributed by atoms with van der Waals surface area (Å²) in [6, 6.07) is 0. The Kier molecular flexibility index (Phi) is 4.89. The van der Waals surface area contributed by atoms with Crippen LogP contribution in [-0.4, -0.2) is 42.3 Å². The second-order valence-electron chi connectivity index (χ2n) is 4.13. The van der Waals surface area contributed by atoms with Gasteiger partial charge in [0.2, 0.25) is 0 Å². The van der Waals surface area contributed by atoms with E-state index in [-0.39, 0.29) is 24.7 Å². The minimum absolute atomic E-state index is 0.0238. The lowest BCUT2D eigenvalue weighted by molar-refractivity contribution is -0.155. The number of aliphatic hydroxyl groups is 1. The van der Waals surface area contributed by atoms with Crippen LogP contribution in [0.5, 0.6) is 0 Å². The highest BCUT2D eigenvalue weighted by atomic mass is 16.5. The van der Waals surface area contributed by atoms with E-state index < -0.39 is 18.2 Å². The van der Waals surface area contributed by atoms with Gasteiger partial charge >= 0.3 is 5.97 Å². The van der Waals surface area contributed by atoms with E-state index in [0.717, 1.165) is 0 Å². The van der Waals surface area contributed by atoms with Crippen molar-refractivity contribution >= 4 is 11.8 Å². The highest BCUT2D eigenvalue weighted by Crippen LogP contribution is 2.15. The molecule has 0 saturated carbocycles. The number of aliphatic hydroxyl groups excluding tert-OH is 1. The molecular formula is C11H18O5. The SMILES string of the molecule is CO[C@@H]1CC(=O)CC[C@H](C)OC(=O)C[C@H]1O. The summed E-state index contributed by atoms with van der Waals surface area (Å²) < 4.78 is 10.0. The Labute approximate surface area is 94.7 Å². The largest absolute Gasteiger partial charge is 0.463 e. The van der Waals surface area contributed by atoms with Crippen LogP contribution in [0.1, 0.15) is 32.6 Å². The zero-order valence-corrected chi connectivity index (χ0v) is 9.64. The smallest absolute Gasteiger partial charge is 0.308 e. The molecule has 1 aliphatic heterocycles. The van der Waals surface area contributed by atoms with Crippen LogP contribution in [0.3, 0.4) is 0 Å². The lowest BCUT2D eigenvalue weighted by atomic mass is 10.0. The van der Waals surface area contributed by atoms with Gasteiger partial charge in [-0.15, -0.1) is 0 Å². The molecule has 0 aromatic heterocycles. The van der Waals surface area contributed by atoms with Crippen LogP contribution in [0, 0.1) is 0 Å². The quantitative estimate of drug-likeness (QED) is 0.661. The molecule has 0 unspecified atom stereocenters. The molecular weight excluding hydrogens is 212 g/mol. The van der Waals surface area contributed by atoms with Gasteiger partial charge in [-0.1, -0.05) is 0 Å². The Morgan fingerprint density at radius 1 is 1.38 bits per heavy atom. The van der Waals surface area contributed by atoms with Gasteiger partial charge in [-0.25, -0.2) is 0 Å². The first-order valence-electron chi connectivity index (χ1n) is 5.45. The molecule has 1 heterocycles. The topological polar surface area (TPSA) is 72.8 Å². The number of rotatable bonds is 1. The Balaban J connectivity index is 2.68. The number of Topliss-reactive ketones (excluding diaryl/α,β-unsaturated/α-hetero) is 1. The summed E-state index contributed by atoms with van der Waals surface area (Å²) >= 11 is 0. The minimum Gasteiger partial charge on any atom is -0.463 e. The van der Waals surface area contributed by atoms with Crippen molar-refractivity contribution in [2.45, 2.75) is 50.9 Å². The predicted octanol–water partition coefficient (Wildman–Crippen LogP) is 0.437. The molecule has 1 saturated heterocycles. The number of methoxy groups -OCH3 is 1. The number of carbonyl (C=O) groups excluding carboxylic acids is 2. The Morgan fingerprint density at radius 3 is 2.69 bits per heavy atom. The molecule has 0 spiro atoms. The fourth-order valence-electron chi connectivity index (χ4n) is 1.70. The third-order valence-electron chi connectivity index (χ3n) is 2.70. The van der Waals surface area contributed by atoms with Gasteiger partial charge in [-0.3, -0.25) is 9.59 Å². The average molecular weight is 230 g/mol. The number of ketones is 1. The molecule has 0 bridgehead atoms. The van der Waals surface area contributed by atoms with Gasteiger partial charge < -0.3 is 14.6 Å². The molecule has 5 heteroatoms. The molecule has 0 aromatic rings. The molecule has 0 amide bonds. The predicted molar refractivity (Wildman–Crippen MR) is 55.8 cm³/mol. The lowest BCUT2D eigenvalue weighted by Crippen LogP contribution is -2.35. The molecule has 1 aliphatic rings. The zero-order valence-electron chi connectivity index (χ0n) is 9.64. The molecule has 1 N–H and O–H groups in total. The van der Waals surface area contributed by atoms with Crippen LogP contribution >= 0.6 is 0 Å². The van der Waals surface area contributed by atoms with Crippen molar-refractivity contribution < 1.29 is 24.2 Å². The van der Waals surface area contributed by atoms with Crippen LogP contribution in [0.4, 0.5) is 0 Å². The van der Waals surface area contributed by atoms with E-state index in [1.807, 2.05) is 0 Å². The summed E-state index contributed by atoms with van der Waals surface area (Å²) in [6.07, 6.45) is -0.978. The summed E-state index contributed by atoms with van der Waals surface area (Å²) in [6.45, 7) is 1.74. The molecule has 1 fully saturated rings. The third-order valence-corrected chi connectivity index (χ3v) is 2.70. The second-order valence-corrected chi connectivity index (χ2v) is 4.13. The molecule has 16 heavy (non-hydrogen) atoms. The highest BCUT2D eigenvalue weighted by molar-refractivity contribution is 5.79. The van der Waals surface area contributed by atoms with E-state index in [0.29, 0.717) is 12.8 Å². The molecule has 3 atom stereocenters. The lowest BCUT2D eigenvalue weighted by Gasteiger charge is -2.23. The van der Waals surface area contributed by atoms with Crippen LogP contribution in [0.25, 0.3) is 0 Å². The first-order chi connectivity index (χ1) is 7.52. The van der Waals surface area contributed by atoms with E-state index in [9.17, 15) is 14.7 Å². The molecule has 1 rings (SSSR count). The first-order valence-corrected chi connectivity index (χ1v) is 5.45. The standard InChI is InChI=1S/C11H18O5/c1-7-3-4-8(12)5-10(15-2)9(13)6-11(14)16-7/h7,9-10,13H,3-6H2,1-2H3/t7-,9+,10+/m0/s1. The monoisotopic (exact) mass is 230 g/mol. The summed E-state index contributed by atoms with van der Waals surface area (Å²) in [4.78, 5) is 22.9. The normalized spacial score (nSPS) is 33.3. The summed E-state index contributed by atoms with van der Waals surface area (Å²) in [5, 5.41) is 9.69. The van der Waals surface area contributed by atoms with E-state index in [1.165, 1.54) is 7.11 Å². The van der Waals surface area contributed by atoms with E-state index >= 15 is 0 Å². The maximum Gasteiger partial charge on any atom is 0.308 e. The maximum atomic E-state index is 11.5. The maximum absolute atomic E-state index is 11.5. The number of hydrogen-bond donors (Lipinski definition) is 1. The molecule has 0 radical (unpaired) electrons. The first kappa shape index (κ1) is 13.1. The zero-order chi connectivity index (χ0) is 12.1. The molecule has 92 valence electrons. The fraction of sp³-hybridized carbons (Fsp3) is 0.818. The third kappa shape index (κ3) is 3.90. The van der Waals surface area contributed by atoms with Crippen LogP contribution in [-0.2, 0) is 19.1 Å². The van der Waals surface area contributed by atoms with Crippen molar-refractivity contribution in [2.75, 3.05) is 7.11 Å². The Morgan fingerprint density at radius 2 is 2.06 bits per heavy atom. The second kappa shape index (κ2) is 5.96. The molecule has 0 aliphatic carbocycles. The van der Waals surface area contributed by atoms with Crippen molar-refractivity contribution in [3.8, 4) is 0 Å². The van der Waals surface area contributed by atoms with Crippen molar-refractivity contribution in [3.05, 3.63) is 0 Å². The van der Waals surface area contributed by atoms with Crippen molar-refractivity contribution in [3.63, 3.8) is 0 Å². The summed E-state index contributed by atoms with van der Waals surface area (Å²) in [7, 11) is 1.42. The summed E-state index contributed by atoms with van der Waals surface area (Å²) in [5.41, 5.74) is 0. The van der Waals surface area contributed by atoms with Gasteiger partial charge in [0.05, 0.1) is 24.7 Å². The minimum atomic E-state index is -0.980. The van der Waals surface area contributed by atoms with Crippen LogP contribution in [0.15, 0.2) is 0 Å². The van der Waals surface area contributed by atoms with Gasteiger partial charge in [0.25, 0.3) is 0 Å². The van der Waals surface area contributed by atoms with Gasteiger partial charge in [0.1, 0.15) is 5.78 Å². The Hall–Kier alpha value is -0.940. The van der Waals surface area contributed by atoms with Crippen molar-refractivity contribution in [1.82, 2.24) is 0 Å². The van der Waals surface area contributed by atoms with Gasteiger partial charge in [-0.2, -0.15) is 0 Å². The number of esters is 1. The number of carbonyl (C=O) groups is 2. The number of cyclic esters (lactones) is 1. The van der Waals surface area contributed by atoms with E-state index in [1.54, 1.807) is 6.92 Å². The summed E-state index contributed by atoms with van der Waals surface area (Å²) in [5.74, 6) is -0.424. The molecule has 0 aromatic carbocycles. The van der Waals surface area contributed by atoms with Crippen molar-refractivity contribution in [1.29, 1.82) is 0 Å². The van der Waals surface area contributed by atoms with Crippen molar-refractivity contribution in [2.24, 2.45) is 0 Å². The van der Waals surface area contributed by atoms with E-state index in [4.69, 9.17) is 9.47 Å². The molecule has 5 nitrogen and oxygen atoms in total. The van der Waals surface area contributed by atoms with E-state index in [2.05, 4.69) is 0 Å². The average Bonchev–Trinajstić information content (AvgIpc) is 2.21. The number of hydrogen-bond acceptors (Lipinski definition) is 5. The van der Waals surface area contributed by atoms with Gasteiger partial charge in [-0.05, 0) is 13.3 Å². The highest BCUT2D eigenvalue weighted by Gasteiger charge is 2.27. The van der Waals surface area contributed by atoms with Gasteiger partial charge in [0, 0.05) is 20.0 Å². The number of ether oxygens (including phenoxy) is 2.